The Hall–Kier alpha value is -1.50. The number of esters is 1. The lowest BCUT2D eigenvalue weighted by Gasteiger charge is -2.66. The van der Waals surface area contributed by atoms with Gasteiger partial charge in [0.1, 0.15) is 4.60 Å². The zero-order valence-corrected chi connectivity index (χ0v) is 11.9. The number of carbonyl (C=O) groups excluding carboxylic acids is 2. The van der Waals surface area contributed by atoms with Crippen molar-refractivity contribution >= 4 is 33.6 Å². The highest BCUT2D eigenvalue weighted by Crippen LogP contribution is 2.73. The predicted octanol–water partition coefficient (Wildman–Crippen LogP) is 1.52. The van der Waals surface area contributed by atoms with E-state index in [1.165, 1.54) is 7.11 Å². The van der Waals surface area contributed by atoms with Crippen molar-refractivity contribution in [3.8, 4) is 0 Å². The van der Waals surface area contributed by atoms with Crippen molar-refractivity contribution in [2.75, 3.05) is 12.4 Å². The van der Waals surface area contributed by atoms with E-state index < -0.39 is 10.8 Å². The van der Waals surface area contributed by atoms with Crippen LogP contribution in [0.4, 0.5) is 5.82 Å². The largest absolute Gasteiger partial charge is 0.469 e. The molecule has 4 rings (SSSR count). The molecule has 3 fully saturated rings. The molecule has 2 bridgehead atoms. The minimum Gasteiger partial charge on any atom is -0.469 e. The summed E-state index contributed by atoms with van der Waals surface area (Å²) < 4.78 is 5.36. The molecule has 1 aromatic rings. The number of hydrogen-bond donors (Lipinski definition) is 1. The van der Waals surface area contributed by atoms with E-state index >= 15 is 0 Å². The molecule has 6 nitrogen and oxygen atoms in total. The standard InChI is InChI=1S/C12H12BrN3O3/c1-19-10(18)12-4-11(5-12,6-12)9(17)14-8-3-2-7(13)15-16-8/h2-3H,4-6H2,1H3,(H,14,16,17). The second-order valence-corrected chi connectivity index (χ2v) is 6.09. The van der Waals surface area contributed by atoms with Crippen LogP contribution in [0.15, 0.2) is 16.7 Å². The zero-order chi connectivity index (χ0) is 13.7. The first-order valence-electron chi connectivity index (χ1n) is 5.89. The van der Waals surface area contributed by atoms with Crippen LogP contribution in [0.2, 0.25) is 0 Å². The number of rotatable bonds is 3. The topological polar surface area (TPSA) is 81.2 Å². The average molecular weight is 326 g/mol. The monoisotopic (exact) mass is 325 g/mol. The molecule has 3 saturated carbocycles. The van der Waals surface area contributed by atoms with E-state index in [0.29, 0.717) is 29.7 Å². The molecule has 19 heavy (non-hydrogen) atoms. The summed E-state index contributed by atoms with van der Waals surface area (Å²) in [6, 6.07) is 3.39. The molecule has 100 valence electrons. The molecule has 1 N–H and O–H groups in total. The summed E-state index contributed by atoms with van der Waals surface area (Å²) in [6.07, 6.45) is 1.72. The first kappa shape index (κ1) is 12.5. The number of halogens is 1. The van der Waals surface area contributed by atoms with Crippen LogP contribution in [0.3, 0.4) is 0 Å². The lowest BCUT2D eigenvalue weighted by Crippen LogP contribution is -2.69. The van der Waals surface area contributed by atoms with Crippen molar-refractivity contribution in [1.29, 1.82) is 0 Å². The third-order valence-corrected chi connectivity index (χ3v) is 4.43. The highest BCUT2D eigenvalue weighted by Gasteiger charge is 2.75. The summed E-state index contributed by atoms with van der Waals surface area (Å²) in [5.74, 6) is 0.130. The zero-order valence-electron chi connectivity index (χ0n) is 10.3. The Morgan fingerprint density at radius 1 is 1.26 bits per heavy atom. The fourth-order valence-electron chi connectivity index (χ4n) is 3.09. The fraction of sp³-hybridized carbons (Fsp3) is 0.500. The number of methoxy groups -OCH3 is 1. The van der Waals surface area contributed by atoms with Gasteiger partial charge in [-0.15, -0.1) is 10.2 Å². The second kappa shape index (κ2) is 4.00. The minimum atomic E-state index is -0.414. The highest BCUT2D eigenvalue weighted by molar-refractivity contribution is 9.10. The van der Waals surface area contributed by atoms with Crippen LogP contribution >= 0.6 is 15.9 Å². The number of hydrogen-bond acceptors (Lipinski definition) is 5. The van der Waals surface area contributed by atoms with E-state index in [4.69, 9.17) is 4.74 Å². The molecule has 0 atom stereocenters. The first-order valence-corrected chi connectivity index (χ1v) is 6.68. The summed E-state index contributed by atoms with van der Waals surface area (Å²) in [5, 5.41) is 10.4. The summed E-state index contributed by atoms with van der Waals surface area (Å²) in [6.45, 7) is 0. The molecule has 0 aromatic carbocycles. The van der Waals surface area contributed by atoms with Crippen LogP contribution in [-0.4, -0.2) is 29.2 Å². The van der Waals surface area contributed by atoms with Gasteiger partial charge in [-0.05, 0) is 47.3 Å². The number of anilines is 1. The van der Waals surface area contributed by atoms with Gasteiger partial charge in [0.15, 0.2) is 5.82 Å². The number of ether oxygens (including phenoxy) is 1. The van der Waals surface area contributed by atoms with Gasteiger partial charge in [0.05, 0.1) is 17.9 Å². The van der Waals surface area contributed by atoms with Crippen LogP contribution < -0.4 is 5.32 Å². The Morgan fingerprint density at radius 3 is 2.47 bits per heavy atom. The maximum Gasteiger partial charge on any atom is 0.311 e. The fourth-order valence-corrected chi connectivity index (χ4v) is 3.30. The molecule has 1 aromatic heterocycles. The van der Waals surface area contributed by atoms with Crippen LogP contribution in [0.25, 0.3) is 0 Å². The molecule has 0 aliphatic heterocycles. The molecule has 7 heteroatoms. The third kappa shape index (κ3) is 1.75. The van der Waals surface area contributed by atoms with Crippen molar-refractivity contribution in [3.05, 3.63) is 16.7 Å². The third-order valence-electron chi connectivity index (χ3n) is 4.00. The van der Waals surface area contributed by atoms with Gasteiger partial charge < -0.3 is 10.1 Å². The van der Waals surface area contributed by atoms with Crippen molar-refractivity contribution in [1.82, 2.24) is 10.2 Å². The van der Waals surface area contributed by atoms with E-state index in [9.17, 15) is 9.59 Å². The number of nitrogens with one attached hydrogen (secondary N) is 1. The van der Waals surface area contributed by atoms with Crippen LogP contribution in [0, 0.1) is 10.8 Å². The maximum absolute atomic E-state index is 12.1. The molecule has 1 heterocycles. The van der Waals surface area contributed by atoms with Gasteiger partial charge in [-0.25, -0.2) is 0 Å². The van der Waals surface area contributed by atoms with Crippen molar-refractivity contribution < 1.29 is 14.3 Å². The normalized spacial score (nSPS) is 30.8. The second-order valence-electron chi connectivity index (χ2n) is 5.28. The predicted molar refractivity (Wildman–Crippen MR) is 69.1 cm³/mol. The maximum atomic E-state index is 12.1. The smallest absolute Gasteiger partial charge is 0.311 e. The van der Waals surface area contributed by atoms with Gasteiger partial charge >= 0.3 is 5.97 Å². The Morgan fingerprint density at radius 2 is 1.95 bits per heavy atom. The number of carbonyl (C=O) groups is 2. The van der Waals surface area contributed by atoms with Gasteiger partial charge in [0.2, 0.25) is 5.91 Å². The van der Waals surface area contributed by atoms with E-state index in [1.807, 2.05) is 0 Å². The van der Waals surface area contributed by atoms with Crippen LogP contribution in [0.5, 0.6) is 0 Å². The lowest BCUT2D eigenvalue weighted by atomic mass is 9.35. The number of amides is 1. The molecule has 3 aliphatic rings. The summed E-state index contributed by atoms with van der Waals surface area (Å²) in [7, 11) is 1.38. The Balaban J connectivity index is 1.63. The molecule has 0 saturated heterocycles. The average Bonchev–Trinajstić information content (AvgIpc) is 2.28. The quantitative estimate of drug-likeness (QED) is 0.852. The van der Waals surface area contributed by atoms with Crippen LogP contribution in [-0.2, 0) is 14.3 Å². The lowest BCUT2D eigenvalue weighted by molar-refractivity contribution is -0.220. The number of aromatic nitrogens is 2. The van der Waals surface area contributed by atoms with E-state index in [1.54, 1.807) is 12.1 Å². The summed E-state index contributed by atoms with van der Waals surface area (Å²) >= 11 is 3.18. The molecule has 0 spiro atoms. The van der Waals surface area contributed by atoms with Gasteiger partial charge in [-0.2, -0.15) is 0 Å². The van der Waals surface area contributed by atoms with Crippen LogP contribution in [0.1, 0.15) is 19.3 Å². The van der Waals surface area contributed by atoms with E-state index in [2.05, 4.69) is 31.4 Å². The van der Waals surface area contributed by atoms with Crippen molar-refractivity contribution in [2.24, 2.45) is 10.8 Å². The van der Waals surface area contributed by atoms with Gasteiger partial charge in [0.25, 0.3) is 0 Å². The Bertz CT molecular complexity index is 538. The van der Waals surface area contributed by atoms with Gasteiger partial charge in [-0.1, -0.05) is 0 Å². The Kier molecular flexibility index (Phi) is 2.63. The molecular formula is C12H12BrN3O3. The molecular weight excluding hydrogens is 314 g/mol. The SMILES string of the molecule is COC(=O)C12CC(C(=O)Nc3ccc(Br)nn3)(C1)C2. The van der Waals surface area contributed by atoms with E-state index in [-0.39, 0.29) is 11.9 Å². The molecule has 3 aliphatic carbocycles. The minimum absolute atomic E-state index is 0.0881. The number of nitrogens with zero attached hydrogens (tertiary/aromatic N) is 2. The highest BCUT2D eigenvalue weighted by atomic mass is 79.9. The van der Waals surface area contributed by atoms with Crippen molar-refractivity contribution in [3.63, 3.8) is 0 Å². The van der Waals surface area contributed by atoms with E-state index in [0.717, 1.165) is 0 Å². The first-order chi connectivity index (χ1) is 9.00. The molecule has 1 amide bonds. The molecule has 0 radical (unpaired) electrons. The Labute approximate surface area is 118 Å². The van der Waals surface area contributed by atoms with Gasteiger partial charge in [0, 0.05) is 0 Å². The summed E-state index contributed by atoms with van der Waals surface area (Å²) in [5.41, 5.74) is -0.819. The summed E-state index contributed by atoms with van der Waals surface area (Å²) in [4.78, 5) is 23.7. The van der Waals surface area contributed by atoms with Crippen molar-refractivity contribution in [2.45, 2.75) is 19.3 Å². The molecule has 0 unspecified atom stereocenters. The van der Waals surface area contributed by atoms with Gasteiger partial charge in [-0.3, -0.25) is 9.59 Å².